The molecule has 142 valence electrons. The lowest BCUT2D eigenvalue weighted by molar-refractivity contribution is -0.182. The van der Waals surface area contributed by atoms with Gasteiger partial charge in [-0.1, -0.05) is 88.4 Å². The molecule has 0 saturated heterocycles. The van der Waals surface area contributed by atoms with Crippen LogP contribution in [0.2, 0.25) is 5.04 Å². The second-order valence-corrected chi connectivity index (χ2v) is 11.9. The number of benzene rings is 2. The van der Waals surface area contributed by atoms with Gasteiger partial charge in [-0.15, -0.1) is 0 Å². The van der Waals surface area contributed by atoms with Crippen LogP contribution in [0.5, 0.6) is 0 Å². The van der Waals surface area contributed by atoms with Crippen LogP contribution in [0.3, 0.4) is 0 Å². The zero-order valence-electron chi connectivity index (χ0n) is 15.8. The van der Waals surface area contributed by atoms with Crippen molar-refractivity contribution < 1.29 is 17.6 Å². The van der Waals surface area contributed by atoms with Crippen LogP contribution < -0.4 is 10.4 Å². The molecule has 0 fully saturated rings. The Labute approximate surface area is 155 Å². The van der Waals surface area contributed by atoms with Crippen LogP contribution in [-0.2, 0) is 4.43 Å². The molecule has 1 nitrogen and oxygen atoms in total. The smallest absolute Gasteiger partial charge is 0.393 e. The molecule has 0 N–H and O–H groups in total. The maximum absolute atomic E-state index is 13.3. The van der Waals surface area contributed by atoms with E-state index in [1.165, 1.54) is 0 Å². The second kappa shape index (κ2) is 7.97. The lowest BCUT2D eigenvalue weighted by atomic mass is 10.1. The molecule has 2 rings (SSSR count). The Morgan fingerprint density at radius 3 is 1.58 bits per heavy atom. The van der Waals surface area contributed by atoms with E-state index in [0.29, 0.717) is 0 Å². The molecule has 0 heterocycles. The Morgan fingerprint density at radius 2 is 1.27 bits per heavy atom. The van der Waals surface area contributed by atoms with Gasteiger partial charge in [-0.3, -0.25) is 0 Å². The summed E-state index contributed by atoms with van der Waals surface area (Å²) in [6.07, 6.45) is -4.23. The Bertz CT molecular complexity index is 638. The van der Waals surface area contributed by atoms with Gasteiger partial charge in [-0.25, -0.2) is 0 Å². The molecule has 5 heteroatoms. The quantitative estimate of drug-likeness (QED) is 0.630. The van der Waals surface area contributed by atoms with Gasteiger partial charge >= 0.3 is 6.18 Å². The Hall–Kier alpha value is -1.59. The molecular formula is C21H27F3OSi. The molecule has 0 aliphatic heterocycles. The normalized spacial score (nSPS) is 14.3. The van der Waals surface area contributed by atoms with E-state index >= 15 is 0 Å². The van der Waals surface area contributed by atoms with E-state index in [1.54, 1.807) is 6.92 Å². The van der Waals surface area contributed by atoms with E-state index in [4.69, 9.17) is 4.43 Å². The molecule has 26 heavy (non-hydrogen) atoms. The standard InChI is InChI=1S/C21H27F3OSi/c1-5-17(21(22,23)24)16-25-26(20(2,3)4,18-12-8-6-9-13-18)19-14-10-7-11-15-19/h6-15,17H,5,16H2,1-4H3. The van der Waals surface area contributed by atoms with Crippen LogP contribution in [0.15, 0.2) is 60.7 Å². The van der Waals surface area contributed by atoms with Crippen LogP contribution in [0.25, 0.3) is 0 Å². The predicted octanol–water partition coefficient (Wildman–Crippen LogP) is 5.15. The molecule has 1 atom stereocenters. The predicted molar refractivity (Wildman–Crippen MR) is 103 cm³/mol. The molecule has 2 aromatic carbocycles. The minimum absolute atomic E-state index is 0.0156. The highest BCUT2D eigenvalue weighted by Crippen LogP contribution is 2.38. The van der Waals surface area contributed by atoms with Gasteiger partial charge in [-0.2, -0.15) is 13.2 Å². The fourth-order valence-electron chi connectivity index (χ4n) is 3.43. The largest absolute Gasteiger partial charge is 0.407 e. The molecule has 0 aliphatic carbocycles. The zero-order valence-corrected chi connectivity index (χ0v) is 16.8. The molecule has 1 unspecified atom stereocenters. The molecule has 0 amide bonds. The minimum Gasteiger partial charge on any atom is -0.407 e. The monoisotopic (exact) mass is 380 g/mol. The Kier molecular flexibility index (Phi) is 6.35. The molecule has 0 bridgehead atoms. The van der Waals surface area contributed by atoms with Crippen LogP contribution in [0.1, 0.15) is 34.1 Å². The Morgan fingerprint density at radius 1 is 0.846 bits per heavy atom. The molecule has 0 aliphatic rings. The van der Waals surface area contributed by atoms with Gasteiger partial charge in [0.15, 0.2) is 0 Å². The average molecular weight is 381 g/mol. The van der Waals surface area contributed by atoms with Crippen LogP contribution >= 0.6 is 0 Å². The summed E-state index contributed by atoms with van der Waals surface area (Å²) in [5.74, 6) is -1.45. The van der Waals surface area contributed by atoms with E-state index in [2.05, 4.69) is 20.8 Å². The SMILES string of the molecule is CCC(CO[Si](c1ccccc1)(c1ccccc1)C(C)(C)C)C(F)(F)F. The van der Waals surface area contributed by atoms with Gasteiger partial charge in [0.2, 0.25) is 0 Å². The van der Waals surface area contributed by atoms with Gasteiger partial charge in [0, 0.05) is 6.61 Å². The van der Waals surface area contributed by atoms with Crippen molar-refractivity contribution in [3.8, 4) is 0 Å². The highest BCUT2D eigenvalue weighted by Gasteiger charge is 2.51. The van der Waals surface area contributed by atoms with Gasteiger partial charge in [-0.05, 0) is 21.8 Å². The van der Waals surface area contributed by atoms with E-state index in [9.17, 15) is 13.2 Å². The summed E-state index contributed by atoms with van der Waals surface area (Å²) in [5.41, 5.74) is 0. The van der Waals surface area contributed by atoms with Crippen molar-refractivity contribution in [3.63, 3.8) is 0 Å². The van der Waals surface area contributed by atoms with Crippen molar-refractivity contribution in [2.75, 3.05) is 6.61 Å². The number of hydrogen-bond acceptors (Lipinski definition) is 1. The van der Waals surface area contributed by atoms with Crippen LogP contribution in [0.4, 0.5) is 13.2 Å². The second-order valence-electron chi connectivity index (χ2n) is 7.62. The third-order valence-electron chi connectivity index (χ3n) is 4.87. The summed E-state index contributed by atoms with van der Waals surface area (Å²) < 4.78 is 46.4. The van der Waals surface area contributed by atoms with E-state index in [1.807, 2.05) is 60.7 Å². The van der Waals surface area contributed by atoms with Crippen LogP contribution in [0, 0.1) is 5.92 Å². The van der Waals surface area contributed by atoms with E-state index < -0.39 is 20.4 Å². The summed E-state index contributed by atoms with van der Waals surface area (Å²) in [6, 6.07) is 19.5. The molecule has 2 aromatic rings. The molecule has 0 radical (unpaired) electrons. The average Bonchev–Trinajstić information content (AvgIpc) is 2.58. The van der Waals surface area contributed by atoms with Gasteiger partial charge < -0.3 is 4.43 Å². The third kappa shape index (κ3) is 4.21. The highest BCUT2D eigenvalue weighted by molar-refractivity contribution is 6.99. The first-order valence-electron chi connectivity index (χ1n) is 8.94. The lowest BCUT2D eigenvalue weighted by Gasteiger charge is -2.43. The van der Waals surface area contributed by atoms with Gasteiger partial charge in [0.1, 0.15) is 0 Å². The first-order valence-corrected chi connectivity index (χ1v) is 10.9. The maximum atomic E-state index is 13.3. The van der Waals surface area contributed by atoms with Gasteiger partial charge in [0.05, 0.1) is 5.92 Å². The lowest BCUT2D eigenvalue weighted by Crippen LogP contribution is -2.67. The topological polar surface area (TPSA) is 9.23 Å². The van der Waals surface area contributed by atoms with Crippen molar-refractivity contribution in [2.45, 2.75) is 45.3 Å². The first kappa shape index (κ1) is 20.7. The van der Waals surface area contributed by atoms with Crippen molar-refractivity contribution in [1.29, 1.82) is 0 Å². The molecular weight excluding hydrogens is 353 g/mol. The number of alkyl halides is 3. The summed E-state index contributed by atoms with van der Waals surface area (Å²) >= 11 is 0. The van der Waals surface area contributed by atoms with Crippen LogP contribution in [-0.4, -0.2) is 21.1 Å². The summed E-state index contributed by atoms with van der Waals surface area (Å²) in [4.78, 5) is 0. The number of rotatable bonds is 6. The summed E-state index contributed by atoms with van der Waals surface area (Å²) in [5, 5.41) is 1.67. The molecule has 0 saturated carbocycles. The van der Waals surface area contributed by atoms with E-state index in [-0.39, 0.29) is 18.1 Å². The fourth-order valence-corrected chi connectivity index (χ4v) is 8.04. The number of halogens is 3. The maximum Gasteiger partial charge on any atom is 0.393 e. The third-order valence-corrected chi connectivity index (χ3v) is 9.88. The molecule has 0 aromatic heterocycles. The zero-order chi connectivity index (χ0) is 19.4. The van der Waals surface area contributed by atoms with Crippen molar-refractivity contribution in [1.82, 2.24) is 0 Å². The van der Waals surface area contributed by atoms with E-state index in [0.717, 1.165) is 10.4 Å². The summed E-state index contributed by atoms with van der Waals surface area (Å²) in [7, 11) is -2.91. The minimum atomic E-state index is -4.25. The fraction of sp³-hybridized carbons (Fsp3) is 0.429. The Balaban J connectivity index is 2.57. The van der Waals surface area contributed by atoms with Crippen molar-refractivity contribution in [2.24, 2.45) is 5.92 Å². The highest BCUT2D eigenvalue weighted by atomic mass is 28.4. The van der Waals surface area contributed by atoms with Gasteiger partial charge in [0.25, 0.3) is 8.32 Å². The number of hydrogen-bond donors (Lipinski definition) is 0. The molecule has 0 spiro atoms. The van der Waals surface area contributed by atoms with Crippen molar-refractivity contribution >= 4 is 18.7 Å². The summed E-state index contributed by atoms with van der Waals surface area (Å²) in [6.45, 7) is 7.44. The first-order chi connectivity index (χ1) is 12.1. The van der Waals surface area contributed by atoms with Crippen molar-refractivity contribution in [3.05, 3.63) is 60.7 Å².